The van der Waals surface area contributed by atoms with Crippen molar-refractivity contribution < 1.29 is 14.3 Å². The quantitative estimate of drug-likeness (QED) is 0.640. The lowest BCUT2D eigenvalue weighted by atomic mass is 9.48. The molecule has 34 heavy (non-hydrogen) atoms. The van der Waals surface area contributed by atoms with Crippen LogP contribution in [0.4, 0.5) is 4.39 Å². The molecule has 4 aliphatic rings. The van der Waals surface area contributed by atoms with Crippen molar-refractivity contribution in [2.24, 2.45) is 40.9 Å². The van der Waals surface area contributed by atoms with Gasteiger partial charge in [0.15, 0.2) is 5.78 Å². The van der Waals surface area contributed by atoms with Gasteiger partial charge in [0.1, 0.15) is 23.4 Å². The Balaban J connectivity index is 1.17. The van der Waals surface area contributed by atoms with Gasteiger partial charge >= 0.3 is 0 Å². The molecule has 0 bridgehead atoms. The van der Waals surface area contributed by atoms with Crippen molar-refractivity contribution in [2.45, 2.75) is 90.2 Å². The van der Waals surface area contributed by atoms with Crippen LogP contribution in [0.15, 0.2) is 18.2 Å². The second kappa shape index (κ2) is 8.11. The first-order valence-electron chi connectivity index (χ1n) is 13.6. The summed E-state index contributed by atoms with van der Waals surface area (Å²) in [4.78, 5) is 15.0. The highest BCUT2D eigenvalue weighted by Crippen LogP contribution is 2.64. The number of carbonyl (C=O) groups is 1. The molecule has 6 heteroatoms. The van der Waals surface area contributed by atoms with Crippen LogP contribution in [0, 0.1) is 46.7 Å². The third kappa shape index (κ3) is 3.54. The first kappa shape index (κ1) is 22.6. The van der Waals surface area contributed by atoms with Crippen molar-refractivity contribution in [1.29, 1.82) is 0 Å². The van der Waals surface area contributed by atoms with Crippen molar-refractivity contribution in [3.05, 3.63) is 24.0 Å². The van der Waals surface area contributed by atoms with E-state index in [0.29, 0.717) is 22.9 Å². The van der Waals surface area contributed by atoms with Gasteiger partial charge < -0.3 is 5.11 Å². The molecule has 1 aromatic carbocycles. The lowest BCUT2D eigenvalue weighted by Crippen LogP contribution is -2.51. The second-order valence-corrected chi connectivity index (χ2v) is 12.3. The maximum Gasteiger partial charge on any atom is 0.159 e. The van der Waals surface area contributed by atoms with Gasteiger partial charge in [-0.1, -0.05) is 13.8 Å². The highest BCUT2D eigenvalue weighted by atomic mass is 19.1. The van der Waals surface area contributed by atoms with Crippen LogP contribution in [-0.2, 0) is 11.3 Å². The summed E-state index contributed by atoms with van der Waals surface area (Å²) in [6.07, 6.45) is 11.0. The number of aliphatic hydroxyl groups is 1. The van der Waals surface area contributed by atoms with E-state index >= 15 is 0 Å². The number of fused-ring (bicyclic) bond motifs is 6. The Hall–Kier alpha value is -1.82. The van der Waals surface area contributed by atoms with Gasteiger partial charge in [-0.05, 0) is 111 Å². The topological polar surface area (TPSA) is 68.0 Å². The molecule has 0 amide bonds. The number of Topliss-reactive ketones (excluding diaryl/α,β-unsaturated/α-hetero) is 1. The molecule has 1 N–H and O–H groups in total. The van der Waals surface area contributed by atoms with Crippen LogP contribution in [0.5, 0.6) is 0 Å². The van der Waals surface area contributed by atoms with Crippen molar-refractivity contribution in [3.8, 4) is 0 Å². The average Bonchev–Trinajstić information content (AvgIpc) is 3.38. The van der Waals surface area contributed by atoms with Gasteiger partial charge in [0.05, 0.1) is 5.60 Å². The van der Waals surface area contributed by atoms with Crippen molar-refractivity contribution >= 4 is 16.8 Å². The summed E-state index contributed by atoms with van der Waals surface area (Å²) in [5.41, 5.74) is 0.773. The molecule has 4 saturated carbocycles. The van der Waals surface area contributed by atoms with Crippen molar-refractivity contribution in [1.82, 2.24) is 15.0 Å². The molecule has 0 saturated heterocycles. The molecule has 6 rings (SSSR count). The van der Waals surface area contributed by atoms with Crippen LogP contribution in [0.2, 0.25) is 0 Å². The van der Waals surface area contributed by atoms with E-state index in [9.17, 15) is 14.3 Å². The molecule has 1 heterocycles. The summed E-state index contributed by atoms with van der Waals surface area (Å²) in [5, 5.41) is 19.7. The molecular formula is C28H38FN3O2. The predicted octanol–water partition coefficient (Wildman–Crippen LogP) is 5.55. The molecule has 0 unspecified atom stereocenters. The summed E-state index contributed by atoms with van der Waals surface area (Å²) in [7, 11) is 0. The highest BCUT2D eigenvalue weighted by molar-refractivity contribution is 5.82. The number of benzene rings is 1. The maximum atomic E-state index is 13.5. The first-order valence-corrected chi connectivity index (χ1v) is 13.6. The van der Waals surface area contributed by atoms with Crippen LogP contribution in [0.25, 0.3) is 11.0 Å². The SMILES string of the molecule is CC[C@@]1(O)CC[C@H]2[C@@H](CC[C@@H]3[C@@H]2CC[C@]2(C)[C@@H](C(=O)Cn4nc5ccc(F)cc5n4)CC[C@@H]32)C1. The van der Waals surface area contributed by atoms with E-state index in [1.165, 1.54) is 42.6 Å². The number of ketones is 1. The van der Waals surface area contributed by atoms with E-state index < -0.39 is 5.60 Å². The van der Waals surface area contributed by atoms with E-state index in [1.807, 2.05) is 0 Å². The van der Waals surface area contributed by atoms with Crippen molar-refractivity contribution in [2.75, 3.05) is 0 Å². The van der Waals surface area contributed by atoms with Crippen LogP contribution < -0.4 is 0 Å². The third-order valence-corrected chi connectivity index (χ3v) is 10.8. The summed E-state index contributed by atoms with van der Waals surface area (Å²) in [6.45, 7) is 4.69. The Kier molecular flexibility index (Phi) is 5.40. The number of nitrogens with zero attached hydrogens (tertiary/aromatic N) is 3. The fourth-order valence-corrected chi connectivity index (χ4v) is 9.07. The van der Waals surface area contributed by atoms with Gasteiger partial charge in [0.2, 0.25) is 0 Å². The van der Waals surface area contributed by atoms with Crippen LogP contribution >= 0.6 is 0 Å². The minimum absolute atomic E-state index is 0.0681. The third-order valence-electron chi connectivity index (χ3n) is 10.8. The van der Waals surface area contributed by atoms with E-state index in [4.69, 9.17) is 0 Å². The number of halogens is 1. The monoisotopic (exact) mass is 467 g/mol. The normalized spacial score (nSPS) is 41.6. The molecule has 0 spiro atoms. The molecule has 2 aromatic rings. The van der Waals surface area contributed by atoms with E-state index in [2.05, 4.69) is 24.0 Å². The number of rotatable bonds is 4. The first-order chi connectivity index (χ1) is 16.3. The molecule has 4 aliphatic carbocycles. The number of carbonyl (C=O) groups excluding carboxylic acids is 1. The minimum atomic E-state index is -0.431. The lowest BCUT2D eigenvalue weighted by molar-refractivity contribution is -0.133. The fraction of sp³-hybridized carbons (Fsp3) is 0.750. The molecule has 1 aromatic heterocycles. The summed E-state index contributed by atoms with van der Waals surface area (Å²) < 4.78 is 13.5. The summed E-state index contributed by atoms with van der Waals surface area (Å²) in [5.74, 6) is 3.58. The molecule has 5 nitrogen and oxygen atoms in total. The summed E-state index contributed by atoms with van der Waals surface area (Å²) in [6, 6.07) is 4.38. The highest BCUT2D eigenvalue weighted by Gasteiger charge is 2.58. The number of aromatic nitrogens is 3. The zero-order valence-electron chi connectivity index (χ0n) is 20.5. The van der Waals surface area contributed by atoms with Crippen LogP contribution in [-0.4, -0.2) is 31.5 Å². The largest absolute Gasteiger partial charge is 0.390 e. The zero-order valence-corrected chi connectivity index (χ0v) is 20.5. The molecule has 0 radical (unpaired) electrons. The second-order valence-electron chi connectivity index (χ2n) is 12.3. The van der Waals surface area contributed by atoms with Gasteiger partial charge in [-0.2, -0.15) is 15.0 Å². The Bertz CT molecular complexity index is 1100. The molecule has 184 valence electrons. The average molecular weight is 468 g/mol. The van der Waals surface area contributed by atoms with Gasteiger partial charge in [0.25, 0.3) is 0 Å². The van der Waals surface area contributed by atoms with Crippen LogP contribution in [0.3, 0.4) is 0 Å². The Morgan fingerprint density at radius 2 is 1.85 bits per heavy atom. The Morgan fingerprint density at radius 1 is 1.06 bits per heavy atom. The van der Waals surface area contributed by atoms with Gasteiger partial charge in [-0.15, -0.1) is 0 Å². The van der Waals surface area contributed by atoms with E-state index in [-0.39, 0.29) is 29.5 Å². The smallest absolute Gasteiger partial charge is 0.159 e. The van der Waals surface area contributed by atoms with Crippen LogP contribution in [0.1, 0.15) is 78.1 Å². The van der Waals surface area contributed by atoms with Gasteiger partial charge in [-0.25, -0.2) is 4.39 Å². The standard InChI is InChI=1S/C28H38FN3O2/c1-3-28(34)13-11-19-17(15-28)4-6-21-20(19)10-12-27(2)22(21)7-8-23(27)26(33)16-32-30-24-9-5-18(29)14-25(24)31-32/h5,9,14,17,19-23,34H,3-4,6-8,10-13,15-16H2,1-2H3/t17-,19-,20+,21+,22-,23+,27-,28+/m0/s1. The van der Waals surface area contributed by atoms with E-state index in [0.717, 1.165) is 56.3 Å². The zero-order chi connectivity index (χ0) is 23.7. The molecule has 8 atom stereocenters. The molecule has 4 fully saturated rings. The molecule has 0 aliphatic heterocycles. The predicted molar refractivity (Wildman–Crippen MR) is 128 cm³/mol. The number of hydrogen-bond donors (Lipinski definition) is 1. The van der Waals surface area contributed by atoms with Crippen molar-refractivity contribution in [3.63, 3.8) is 0 Å². The maximum absolute atomic E-state index is 13.5. The Morgan fingerprint density at radius 3 is 2.68 bits per heavy atom. The van der Waals surface area contributed by atoms with Gasteiger partial charge in [-0.3, -0.25) is 4.79 Å². The summed E-state index contributed by atoms with van der Waals surface area (Å²) >= 11 is 0. The minimum Gasteiger partial charge on any atom is -0.390 e. The van der Waals surface area contributed by atoms with Gasteiger partial charge in [0, 0.05) is 12.0 Å². The number of hydrogen-bond acceptors (Lipinski definition) is 4. The lowest BCUT2D eigenvalue weighted by Gasteiger charge is -2.57. The Labute approximate surface area is 201 Å². The van der Waals surface area contributed by atoms with E-state index in [1.54, 1.807) is 6.07 Å². The molecular weight excluding hydrogens is 429 g/mol. The fourth-order valence-electron chi connectivity index (χ4n) is 9.07.